The number of hydrogen-bond acceptors (Lipinski definition) is 10. The van der Waals surface area contributed by atoms with Gasteiger partial charge >= 0.3 is 24.0 Å². The van der Waals surface area contributed by atoms with E-state index >= 15 is 0 Å². The molecular formula is C22H26I3N3O10. The Balaban J connectivity index is 3.40. The minimum Gasteiger partial charge on any atom is -0.462 e. The highest BCUT2D eigenvalue weighted by Gasteiger charge is 2.29. The lowest BCUT2D eigenvalue weighted by molar-refractivity contribution is -0.155. The van der Waals surface area contributed by atoms with Gasteiger partial charge in [-0.25, -0.2) is 4.79 Å². The minimum absolute atomic E-state index is 0.00192. The van der Waals surface area contributed by atoms with E-state index < -0.39 is 48.0 Å². The van der Waals surface area contributed by atoms with Crippen LogP contribution in [0.4, 0.5) is 10.5 Å². The highest BCUT2D eigenvalue weighted by Crippen LogP contribution is 2.36. The molecular weight excluding hydrogens is 847 g/mol. The van der Waals surface area contributed by atoms with Crippen molar-refractivity contribution >= 4 is 109 Å². The number of benzene rings is 1. The molecule has 0 bridgehead atoms. The maximum atomic E-state index is 13.3. The van der Waals surface area contributed by atoms with Gasteiger partial charge in [-0.1, -0.05) is 0 Å². The number of carbonyl (C=O) groups excluding carboxylic acids is 6. The SMILES string of the molecule is COC(=O)Nc1c(I)c(C(=O)NCC(C)OC(C)=O)c(I)c(C(=O)NCC(COC(C)=O)OC(C)=O)c1I. The summed E-state index contributed by atoms with van der Waals surface area (Å²) >= 11 is 5.58. The molecule has 2 unspecified atom stereocenters. The van der Waals surface area contributed by atoms with Crippen molar-refractivity contribution in [2.75, 3.05) is 32.1 Å². The van der Waals surface area contributed by atoms with E-state index in [0.717, 1.165) is 7.11 Å². The van der Waals surface area contributed by atoms with E-state index in [9.17, 15) is 28.8 Å². The third-order valence-electron chi connectivity index (χ3n) is 4.40. The van der Waals surface area contributed by atoms with Gasteiger partial charge in [-0.2, -0.15) is 0 Å². The van der Waals surface area contributed by atoms with E-state index in [1.165, 1.54) is 20.8 Å². The first-order valence-electron chi connectivity index (χ1n) is 10.8. The quantitative estimate of drug-likeness (QED) is 0.170. The number of methoxy groups -OCH3 is 1. The van der Waals surface area contributed by atoms with Gasteiger partial charge in [-0.05, 0) is 74.7 Å². The molecule has 1 aromatic carbocycles. The van der Waals surface area contributed by atoms with Gasteiger partial charge in [-0.15, -0.1) is 0 Å². The number of amides is 3. The smallest absolute Gasteiger partial charge is 0.411 e. The van der Waals surface area contributed by atoms with Gasteiger partial charge < -0.3 is 29.6 Å². The molecule has 3 amide bonds. The second-order valence-electron chi connectivity index (χ2n) is 7.56. The van der Waals surface area contributed by atoms with Crippen LogP contribution < -0.4 is 16.0 Å². The Bertz CT molecular complexity index is 1110. The summed E-state index contributed by atoms with van der Waals surface area (Å²) in [7, 11) is 1.16. The van der Waals surface area contributed by atoms with Gasteiger partial charge in [0.25, 0.3) is 11.8 Å². The Morgan fingerprint density at radius 1 is 0.763 bits per heavy atom. The summed E-state index contributed by atoms with van der Waals surface area (Å²) in [6.07, 6.45) is -2.39. The molecule has 3 N–H and O–H groups in total. The fourth-order valence-corrected chi connectivity index (χ4v) is 7.27. The zero-order valence-corrected chi connectivity index (χ0v) is 27.5. The highest BCUT2D eigenvalue weighted by atomic mass is 127. The second-order valence-corrected chi connectivity index (χ2v) is 10.8. The average Bonchev–Trinajstić information content (AvgIpc) is 2.81. The molecule has 0 aliphatic rings. The van der Waals surface area contributed by atoms with Crippen LogP contribution in [-0.2, 0) is 33.3 Å². The molecule has 0 aliphatic carbocycles. The molecule has 38 heavy (non-hydrogen) atoms. The van der Waals surface area contributed by atoms with Crippen LogP contribution in [0, 0.1) is 10.7 Å². The molecule has 13 nitrogen and oxygen atoms in total. The summed E-state index contributed by atoms with van der Waals surface area (Å²) in [4.78, 5) is 72.2. The third-order valence-corrected chi connectivity index (χ3v) is 7.63. The number of esters is 3. The van der Waals surface area contributed by atoms with Crippen molar-refractivity contribution in [3.63, 3.8) is 0 Å². The van der Waals surface area contributed by atoms with Crippen LogP contribution in [0.2, 0.25) is 0 Å². The number of anilines is 1. The Morgan fingerprint density at radius 2 is 1.26 bits per heavy atom. The lowest BCUT2D eigenvalue weighted by atomic mass is 10.1. The van der Waals surface area contributed by atoms with Crippen molar-refractivity contribution in [1.29, 1.82) is 0 Å². The van der Waals surface area contributed by atoms with Crippen LogP contribution in [0.15, 0.2) is 0 Å². The van der Waals surface area contributed by atoms with Gasteiger partial charge in [0, 0.05) is 24.3 Å². The van der Waals surface area contributed by atoms with Crippen molar-refractivity contribution in [2.24, 2.45) is 0 Å². The van der Waals surface area contributed by atoms with Crippen LogP contribution >= 0.6 is 67.8 Å². The molecule has 2 atom stereocenters. The van der Waals surface area contributed by atoms with E-state index in [1.807, 2.05) is 67.8 Å². The largest absolute Gasteiger partial charge is 0.462 e. The van der Waals surface area contributed by atoms with Gasteiger partial charge in [0.05, 0.1) is 44.2 Å². The summed E-state index contributed by atoms with van der Waals surface area (Å²) in [5, 5.41) is 7.79. The standard InChI is InChI=1S/C22H26I3N3O10/c1-9(37-11(3)30)6-26-20(32)14-16(23)15(18(25)19(17(14)24)28-22(34)35-5)21(33)27-7-13(38-12(4)31)8-36-10(2)29/h9,13H,6-8H2,1-5H3,(H,26,32)(H,27,33)(H,28,34). The molecule has 0 aromatic heterocycles. The van der Waals surface area contributed by atoms with Crippen molar-refractivity contribution in [1.82, 2.24) is 10.6 Å². The topological polar surface area (TPSA) is 175 Å². The molecule has 0 spiro atoms. The molecule has 0 saturated carbocycles. The van der Waals surface area contributed by atoms with Gasteiger partial charge in [0.15, 0.2) is 6.10 Å². The first-order chi connectivity index (χ1) is 17.7. The van der Waals surface area contributed by atoms with Crippen LogP contribution in [-0.4, -0.2) is 74.8 Å². The Morgan fingerprint density at radius 3 is 1.71 bits per heavy atom. The molecule has 1 rings (SSSR count). The average molecular weight is 873 g/mol. The summed E-state index contributed by atoms with van der Waals surface area (Å²) in [6.45, 7) is 4.73. The van der Waals surface area contributed by atoms with Gasteiger partial charge in [-0.3, -0.25) is 29.3 Å². The minimum atomic E-state index is -0.960. The van der Waals surface area contributed by atoms with Crippen LogP contribution in [0.25, 0.3) is 0 Å². The van der Waals surface area contributed by atoms with E-state index in [0.29, 0.717) is 7.14 Å². The van der Waals surface area contributed by atoms with E-state index in [2.05, 4.69) is 20.7 Å². The van der Waals surface area contributed by atoms with Crippen LogP contribution in [0.5, 0.6) is 0 Å². The molecule has 0 aliphatic heterocycles. The first kappa shape index (κ1) is 34.1. The number of ether oxygens (including phenoxy) is 4. The van der Waals surface area contributed by atoms with Gasteiger partial charge in [0.2, 0.25) is 0 Å². The number of rotatable bonds is 11. The van der Waals surface area contributed by atoms with Crippen LogP contribution in [0.3, 0.4) is 0 Å². The number of hydrogen-bond donors (Lipinski definition) is 3. The molecule has 0 fully saturated rings. The van der Waals surface area contributed by atoms with E-state index in [-0.39, 0.29) is 40.1 Å². The van der Waals surface area contributed by atoms with Gasteiger partial charge in [0.1, 0.15) is 12.7 Å². The molecule has 16 heteroatoms. The monoisotopic (exact) mass is 873 g/mol. The predicted octanol–water partition coefficient (Wildman–Crippen LogP) is 2.58. The fraction of sp³-hybridized carbons (Fsp3) is 0.455. The van der Waals surface area contributed by atoms with Crippen molar-refractivity contribution < 1.29 is 47.7 Å². The highest BCUT2D eigenvalue weighted by molar-refractivity contribution is 14.1. The maximum Gasteiger partial charge on any atom is 0.411 e. The lowest BCUT2D eigenvalue weighted by Gasteiger charge is -2.21. The van der Waals surface area contributed by atoms with E-state index in [4.69, 9.17) is 14.2 Å². The molecule has 0 heterocycles. The van der Waals surface area contributed by atoms with Crippen molar-refractivity contribution in [3.05, 3.63) is 21.8 Å². The van der Waals surface area contributed by atoms with Crippen molar-refractivity contribution in [3.8, 4) is 0 Å². The summed E-state index contributed by atoms with van der Waals surface area (Å²) < 4.78 is 20.6. The van der Waals surface area contributed by atoms with Crippen molar-refractivity contribution in [2.45, 2.75) is 39.9 Å². The number of carbonyl (C=O) groups is 6. The normalized spacial score (nSPS) is 11.9. The lowest BCUT2D eigenvalue weighted by Crippen LogP contribution is -2.39. The molecule has 0 saturated heterocycles. The zero-order chi connectivity index (χ0) is 29.2. The number of halogens is 3. The first-order valence-corrected chi connectivity index (χ1v) is 14.0. The Hall–Kier alpha value is -1.97. The number of nitrogens with one attached hydrogen (secondary N) is 3. The maximum absolute atomic E-state index is 13.3. The predicted molar refractivity (Wildman–Crippen MR) is 159 cm³/mol. The Kier molecular flexibility index (Phi) is 14.5. The Labute approximate surface area is 259 Å². The van der Waals surface area contributed by atoms with Crippen LogP contribution in [0.1, 0.15) is 48.4 Å². The summed E-state index contributed by atoms with van der Waals surface area (Å²) in [5.74, 6) is -2.96. The molecule has 1 aromatic rings. The summed E-state index contributed by atoms with van der Waals surface area (Å²) in [6, 6.07) is 0. The van der Waals surface area contributed by atoms with E-state index in [1.54, 1.807) is 6.92 Å². The molecule has 210 valence electrons. The fourth-order valence-electron chi connectivity index (χ4n) is 2.85. The third kappa shape index (κ3) is 10.7. The molecule has 0 radical (unpaired) electrons. The second kappa shape index (κ2) is 16.2. The zero-order valence-electron chi connectivity index (χ0n) is 21.0. The summed E-state index contributed by atoms with van der Waals surface area (Å²) in [5.41, 5.74) is 0.318.